The second-order valence-corrected chi connectivity index (χ2v) is 23.7. The van der Waals surface area contributed by atoms with E-state index in [2.05, 4.69) is 84.9 Å². The maximum atomic E-state index is 11.9. The molecule has 8 rings (SSSR count). The number of fused-ring (bicyclic) bond motifs is 2. The van der Waals surface area contributed by atoms with Crippen LogP contribution in [0.15, 0.2) is 73.1 Å². The molecule has 392 valence electrons. The molecule has 2 amide bonds. The minimum absolute atomic E-state index is 0.0500. The number of rotatable bonds is 16. The molecule has 0 radical (unpaired) electrons. The fraction of sp³-hybridized carbons (Fsp3) is 0.571. The smallest absolute Gasteiger partial charge is 0.218 e. The highest BCUT2D eigenvalue weighted by Gasteiger charge is 2.46. The first-order valence-corrected chi connectivity index (χ1v) is 26.2. The van der Waals surface area contributed by atoms with Crippen molar-refractivity contribution in [2.45, 2.75) is 154 Å². The Balaban J connectivity index is 0.000000211. The van der Waals surface area contributed by atoms with Crippen LogP contribution in [0.5, 0.6) is 11.8 Å². The molecule has 8 atom stereocenters. The van der Waals surface area contributed by atoms with Gasteiger partial charge in [0.2, 0.25) is 23.6 Å². The lowest BCUT2D eigenvalue weighted by molar-refractivity contribution is -0.121. The Morgan fingerprint density at radius 1 is 0.639 bits per heavy atom. The van der Waals surface area contributed by atoms with Gasteiger partial charge in [-0.1, -0.05) is 89.0 Å². The summed E-state index contributed by atoms with van der Waals surface area (Å²) in [5.74, 6) is 0.914. The number of hydrogen-bond donors (Lipinski definition) is 6. The van der Waals surface area contributed by atoms with Gasteiger partial charge in [-0.05, 0) is 95.2 Å². The summed E-state index contributed by atoms with van der Waals surface area (Å²) in [7, 11) is 0. The monoisotopic (exact) mass is 1030 g/mol. The molecule has 2 aromatic heterocycles. The third-order valence-electron chi connectivity index (χ3n) is 13.6. The van der Waals surface area contributed by atoms with Crippen molar-refractivity contribution in [1.29, 1.82) is 0 Å². The Hall–Kier alpha value is -4.38. The van der Waals surface area contributed by atoms with Crippen molar-refractivity contribution in [3.8, 4) is 11.8 Å². The van der Waals surface area contributed by atoms with Crippen LogP contribution < -0.4 is 30.7 Å². The number of nitrogens with one attached hydrogen (secondary N) is 4. The van der Waals surface area contributed by atoms with E-state index in [-0.39, 0.29) is 34.7 Å². The molecule has 6 heterocycles. The van der Waals surface area contributed by atoms with E-state index < -0.39 is 35.5 Å². The van der Waals surface area contributed by atoms with Gasteiger partial charge in [-0.3, -0.25) is 9.59 Å². The first kappa shape index (κ1) is 55.4. The Kier molecular flexibility index (Phi) is 18.4. The van der Waals surface area contributed by atoms with Crippen molar-refractivity contribution in [1.82, 2.24) is 31.2 Å². The molecule has 2 spiro atoms. The number of carbonyl (C=O) groups excluding carboxylic acids is 2. The van der Waals surface area contributed by atoms with Crippen LogP contribution in [0.3, 0.4) is 0 Å². The second kappa shape index (κ2) is 23.9. The number of pyridine rings is 2. The summed E-state index contributed by atoms with van der Waals surface area (Å²) >= 11 is 12.0. The molecule has 4 aliphatic rings. The number of aliphatic hydroxyl groups excluding tert-OH is 2. The Morgan fingerprint density at radius 3 is 1.33 bits per heavy atom. The number of benzene rings is 2. The number of aromatic nitrogens is 2. The Labute approximate surface area is 436 Å². The summed E-state index contributed by atoms with van der Waals surface area (Å²) in [5.41, 5.74) is 5.79. The molecule has 72 heavy (non-hydrogen) atoms. The Morgan fingerprint density at radius 2 is 1.01 bits per heavy atom. The fourth-order valence-corrected chi connectivity index (χ4v) is 10.5. The van der Waals surface area contributed by atoms with Crippen molar-refractivity contribution in [2.75, 3.05) is 39.5 Å². The van der Waals surface area contributed by atoms with E-state index in [9.17, 15) is 19.8 Å². The van der Waals surface area contributed by atoms with Gasteiger partial charge in [-0.2, -0.15) is 0 Å². The van der Waals surface area contributed by atoms with E-state index in [1.54, 1.807) is 0 Å². The maximum Gasteiger partial charge on any atom is 0.218 e. The molecule has 6 N–H and O–H groups in total. The fourth-order valence-electron chi connectivity index (χ4n) is 10.2. The quantitative estimate of drug-likeness (QED) is 0.0637. The van der Waals surface area contributed by atoms with Crippen LogP contribution in [-0.2, 0) is 44.7 Å². The van der Waals surface area contributed by atoms with Gasteiger partial charge in [0.25, 0.3) is 0 Å². The maximum absolute atomic E-state index is 11.9. The van der Waals surface area contributed by atoms with Crippen LogP contribution in [0, 0.1) is 10.8 Å². The highest BCUT2D eigenvalue weighted by molar-refractivity contribution is 6.30. The normalized spacial score (nSPS) is 23.1. The molecule has 4 aliphatic heterocycles. The summed E-state index contributed by atoms with van der Waals surface area (Å²) in [6.07, 6.45) is 8.11. The van der Waals surface area contributed by atoms with Gasteiger partial charge in [-0.25, -0.2) is 9.97 Å². The lowest BCUT2D eigenvalue weighted by atomic mass is 9.85. The van der Waals surface area contributed by atoms with Crippen LogP contribution in [0.25, 0.3) is 0 Å². The average molecular weight is 1030 g/mol. The van der Waals surface area contributed by atoms with Gasteiger partial charge in [-0.15, -0.1) is 0 Å². The van der Waals surface area contributed by atoms with Crippen LogP contribution in [-0.4, -0.2) is 107 Å². The summed E-state index contributed by atoms with van der Waals surface area (Å²) in [4.78, 5) is 33.2. The van der Waals surface area contributed by atoms with Gasteiger partial charge in [0.1, 0.15) is 11.2 Å². The van der Waals surface area contributed by atoms with Crippen LogP contribution in [0.2, 0.25) is 10.0 Å². The molecule has 0 aliphatic carbocycles. The molecule has 14 nitrogen and oxygen atoms in total. The first-order chi connectivity index (χ1) is 34.0. The molecule has 0 unspecified atom stereocenters. The average Bonchev–Trinajstić information content (AvgIpc) is 3.96. The summed E-state index contributed by atoms with van der Waals surface area (Å²) in [5, 5.41) is 36.6. The van der Waals surface area contributed by atoms with Crippen LogP contribution in [0.1, 0.15) is 127 Å². The molecular formula is C56H76Cl2N6O8. The van der Waals surface area contributed by atoms with Crippen molar-refractivity contribution >= 4 is 35.0 Å². The number of ether oxygens (including phenoxy) is 4. The third-order valence-corrected chi connectivity index (χ3v) is 14.1. The topological polar surface area (TPSA) is 185 Å². The Bertz CT molecular complexity index is 2260. The predicted octanol–water partition coefficient (Wildman–Crippen LogP) is 8.01. The van der Waals surface area contributed by atoms with E-state index in [1.165, 1.54) is 13.8 Å². The number of nitrogens with zero attached hydrogens (tertiary/aromatic N) is 2. The number of aliphatic hydroxyl groups is 2. The van der Waals surface area contributed by atoms with Gasteiger partial charge in [0, 0.05) is 98.3 Å². The van der Waals surface area contributed by atoms with Gasteiger partial charge in [0.05, 0.1) is 50.7 Å². The molecule has 2 saturated heterocycles. The van der Waals surface area contributed by atoms with E-state index >= 15 is 0 Å². The molecule has 16 heteroatoms. The molecule has 4 aromatic rings. The number of halogens is 2. The lowest BCUT2D eigenvalue weighted by Gasteiger charge is -2.39. The van der Waals surface area contributed by atoms with E-state index in [0.717, 1.165) is 71.9 Å². The third kappa shape index (κ3) is 15.8. The molecule has 2 aromatic carbocycles. The minimum atomic E-state index is -0.794. The predicted molar refractivity (Wildman–Crippen MR) is 281 cm³/mol. The van der Waals surface area contributed by atoms with Gasteiger partial charge in [0.15, 0.2) is 0 Å². The highest BCUT2D eigenvalue weighted by atomic mass is 35.5. The van der Waals surface area contributed by atoms with E-state index in [0.29, 0.717) is 74.2 Å². The molecule has 0 saturated carbocycles. The molecular weight excluding hydrogens is 956 g/mol. The minimum Gasteiger partial charge on any atom is -0.468 e. The standard InChI is InChI=1S/2C28H38ClN3O4/c2*1-18(33)32-23(12-19-5-7-21(29)8-6-19)25(34)16-30-24-14-28(9-10-35-17-28)36-26-22(24)11-20(15-31-26)13-27(2,3)4/h2*5-8,11,15,23-25,30,34H,9-10,12-14,16-17H2,1-4H3,(H,32,33)/t23-,24+,25+,28+;23-,24+,25+,28-/m00/s1. The van der Waals surface area contributed by atoms with Gasteiger partial charge >= 0.3 is 0 Å². The molecule has 2 fully saturated rings. The van der Waals surface area contributed by atoms with E-state index in [1.807, 2.05) is 60.9 Å². The summed E-state index contributed by atoms with van der Waals surface area (Å²) in [6.45, 7) is 19.2. The number of hydrogen-bond acceptors (Lipinski definition) is 12. The SMILES string of the molecule is CC(=O)N[C@@H](Cc1ccc(Cl)cc1)[C@H](O)CN[C@@H]1C[C@@]2(CCOC2)Oc2ncc(CC(C)(C)C)cc21.CC(=O)N[C@@H](Cc1ccc(Cl)cc1)[C@H](O)CN[C@@H]1C[C@]2(CCOC2)Oc2ncc(CC(C)(C)C)cc21. The second-order valence-electron chi connectivity index (χ2n) is 22.9. The van der Waals surface area contributed by atoms with Crippen molar-refractivity contribution in [3.05, 3.63) is 116 Å². The zero-order chi connectivity index (χ0) is 51.8. The summed E-state index contributed by atoms with van der Waals surface area (Å²) in [6, 6.07) is 18.3. The molecule has 0 bridgehead atoms. The van der Waals surface area contributed by atoms with Crippen LogP contribution >= 0.6 is 23.2 Å². The number of carbonyl (C=O) groups is 2. The number of amides is 2. The van der Waals surface area contributed by atoms with Crippen LogP contribution in [0.4, 0.5) is 0 Å². The largest absolute Gasteiger partial charge is 0.468 e. The van der Waals surface area contributed by atoms with Gasteiger partial charge < -0.3 is 50.4 Å². The van der Waals surface area contributed by atoms with E-state index in [4.69, 9.17) is 42.1 Å². The zero-order valence-electron chi connectivity index (χ0n) is 43.3. The van der Waals surface area contributed by atoms with Crippen molar-refractivity contribution in [2.24, 2.45) is 10.8 Å². The highest BCUT2D eigenvalue weighted by Crippen LogP contribution is 2.44. The summed E-state index contributed by atoms with van der Waals surface area (Å²) < 4.78 is 24.1. The lowest BCUT2D eigenvalue weighted by Crippen LogP contribution is -2.50. The van der Waals surface area contributed by atoms with Crippen molar-refractivity contribution < 1.29 is 38.7 Å². The zero-order valence-corrected chi connectivity index (χ0v) is 44.8. The first-order valence-electron chi connectivity index (χ1n) is 25.4. The van der Waals surface area contributed by atoms with Crippen molar-refractivity contribution in [3.63, 3.8) is 0 Å².